The molecule has 4 heteroatoms. The van der Waals surface area contributed by atoms with Crippen LogP contribution in [0.5, 0.6) is 0 Å². The normalized spacial score (nSPS) is 18.8. The lowest BCUT2D eigenvalue weighted by molar-refractivity contribution is -0.123. The van der Waals surface area contributed by atoms with E-state index in [1.807, 2.05) is 13.8 Å². The average molecular weight is 269 g/mol. The van der Waals surface area contributed by atoms with Crippen LogP contribution in [-0.4, -0.2) is 43.0 Å². The van der Waals surface area contributed by atoms with Crippen LogP contribution >= 0.6 is 0 Å². The van der Waals surface area contributed by atoms with Gasteiger partial charge in [0.25, 0.3) is 0 Å². The fourth-order valence-corrected chi connectivity index (χ4v) is 2.67. The molecule has 1 aliphatic carbocycles. The summed E-state index contributed by atoms with van der Waals surface area (Å²) in [5.74, 6) is 0.181. The van der Waals surface area contributed by atoms with E-state index in [0.717, 1.165) is 25.6 Å². The van der Waals surface area contributed by atoms with Crippen LogP contribution in [0.4, 0.5) is 0 Å². The maximum Gasteiger partial charge on any atom is 0.237 e. The van der Waals surface area contributed by atoms with Crippen LogP contribution in [-0.2, 0) is 4.79 Å². The first kappa shape index (κ1) is 16.4. The summed E-state index contributed by atoms with van der Waals surface area (Å²) in [5, 5.41) is 2.93. The molecule has 0 bridgehead atoms. The van der Waals surface area contributed by atoms with E-state index in [4.69, 9.17) is 5.73 Å². The van der Waals surface area contributed by atoms with Crippen molar-refractivity contribution in [2.24, 2.45) is 11.7 Å². The Morgan fingerprint density at radius 2 is 1.95 bits per heavy atom. The van der Waals surface area contributed by atoms with E-state index in [9.17, 15) is 4.79 Å². The molecule has 0 aromatic heterocycles. The van der Waals surface area contributed by atoms with E-state index < -0.39 is 0 Å². The number of rotatable bonds is 7. The summed E-state index contributed by atoms with van der Waals surface area (Å²) in [6.07, 6.45) is 7.81. The van der Waals surface area contributed by atoms with Crippen LogP contribution in [0.3, 0.4) is 0 Å². The molecule has 0 aliphatic heterocycles. The van der Waals surface area contributed by atoms with Crippen molar-refractivity contribution >= 4 is 5.91 Å². The Labute approximate surface area is 118 Å². The third kappa shape index (κ3) is 5.91. The van der Waals surface area contributed by atoms with Crippen LogP contribution in [0.2, 0.25) is 0 Å². The first-order chi connectivity index (χ1) is 9.02. The molecule has 1 fully saturated rings. The summed E-state index contributed by atoms with van der Waals surface area (Å²) >= 11 is 0. The SMILES string of the molecule is CC(C)[C@H](N)C(=O)NCCCN(C)C1CCCCC1. The summed E-state index contributed by atoms with van der Waals surface area (Å²) in [6.45, 7) is 5.74. The van der Waals surface area contributed by atoms with Gasteiger partial charge in [-0.05, 0) is 38.8 Å². The van der Waals surface area contributed by atoms with E-state index in [2.05, 4.69) is 17.3 Å². The van der Waals surface area contributed by atoms with E-state index in [1.165, 1.54) is 32.1 Å². The standard InChI is InChI=1S/C15H31N3O/c1-12(2)14(16)15(19)17-10-7-11-18(3)13-8-5-4-6-9-13/h12-14H,4-11,16H2,1-3H3,(H,17,19)/t14-/m0/s1. The molecule has 3 N–H and O–H groups in total. The molecule has 0 aromatic carbocycles. The number of carbonyl (C=O) groups excluding carboxylic acids is 1. The van der Waals surface area contributed by atoms with E-state index in [-0.39, 0.29) is 17.9 Å². The lowest BCUT2D eigenvalue weighted by Crippen LogP contribution is -2.44. The summed E-state index contributed by atoms with van der Waals surface area (Å²) < 4.78 is 0. The molecule has 0 saturated heterocycles. The van der Waals surface area contributed by atoms with Gasteiger partial charge < -0.3 is 16.0 Å². The Balaban J connectivity index is 2.11. The van der Waals surface area contributed by atoms with Crippen molar-refractivity contribution in [2.45, 2.75) is 64.5 Å². The number of hydrogen-bond donors (Lipinski definition) is 2. The van der Waals surface area contributed by atoms with Gasteiger partial charge >= 0.3 is 0 Å². The summed E-state index contributed by atoms with van der Waals surface area (Å²) in [5.41, 5.74) is 5.80. The third-order valence-corrected chi connectivity index (χ3v) is 4.21. The Kier molecular flexibility index (Phi) is 7.39. The second kappa shape index (κ2) is 8.54. The van der Waals surface area contributed by atoms with Gasteiger partial charge in [-0.2, -0.15) is 0 Å². The minimum atomic E-state index is -0.379. The van der Waals surface area contributed by atoms with Gasteiger partial charge in [0.1, 0.15) is 0 Å². The number of amides is 1. The van der Waals surface area contributed by atoms with Crippen LogP contribution < -0.4 is 11.1 Å². The van der Waals surface area contributed by atoms with Crippen LogP contribution in [0.1, 0.15) is 52.4 Å². The highest BCUT2D eigenvalue weighted by Crippen LogP contribution is 2.21. The molecule has 0 heterocycles. The van der Waals surface area contributed by atoms with Crippen LogP contribution in [0.15, 0.2) is 0 Å². The molecule has 4 nitrogen and oxygen atoms in total. The minimum Gasteiger partial charge on any atom is -0.355 e. The van der Waals surface area contributed by atoms with E-state index >= 15 is 0 Å². The van der Waals surface area contributed by atoms with Crippen molar-refractivity contribution in [3.8, 4) is 0 Å². The third-order valence-electron chi connectivity index (χ3n) is 4.21. The van der Waals surface area contributed by atoms with Gasteiger partial charge in [-0.25, -0.2) is 0 Å². The van der Waals surface area contributed by atoms with Gasteiger partial charge in [-0.3, -0.25) is 4.79 Å². The monoisotopic (exact) mass is 269 g/mol. The van der Waals surface area contributed by atoms with Gasteiger partial charge in [0.05, 0.1) is 6.04 Å². The second-order valence-corrected chi connectivity index (χ2v) is 6.19. The lowest BCUT2D eigenvalue weighted by Gasteiger charge is -2.31. The van der Waals surface area contributed by atoms with E-state index in [1.54, 1.807) is 0 Å². The maximum absolute atomic E-state index is 11.7. The fraction of sp³-hybridized carbons (Fsp3) is 0.933. The molecule has 19 heavy (non-hydrogen) atoms. The number of nitrogens with zero attached hydrogens (tertiary/aromatic N) is 1. The Hall–Kier alpha value is -0.610. The summed E-state index contributed by atoms with van der Waals surface area (Å²) in [4.78, 5) is 14.1. The van der Waals surface area contributed by atoms with Gasteiger partial charge in [-0.1, -0.05) is 33.1 Å². The molecule has 112 valence electrons. The highest BCUT2D eigenvalue weighted by atomic mass is 16.2. The van der Waals surface area contributed by atoms with Crippen LogP contribution in [0, 0.1) is 5.92 Å². The first-order valence-corrected chi connectivity index (χ1v) is 7.76. The smallest absolute Gasteiger partial charge is 0.237 e. The van der Waals surface area contributed by atoms with Crippen molar-refractivity contribution in [1.82, 2.24) is 10.2 Å². The molecule has 0 aromatic rings. The molecule has 0 unspecified atom stereocenters. The fourth-order valence-electron chi connectivity index (χ4n) is 2.67. The summed E-state index contributed by atoms with van der Waals surface area (Å²) in [7, 11) is 2.21. The van der Waals surface area contributed by atoms with Crippen molar-refractivity contribution in [2.75, 3.05) is 20.1 Å². The topological polar surface area (TPSA) is 58.4 Å². The van der Waals surface area contributed by atoms with Crippen molar-refractivity contribution < 1.29 is 4.79 Å². The molecule has 1 rings (SSSR count). The number of hydrogen-bond acceptors (Lipinski definition) is 3. The van der Waals surface area contributed by atoms with Gasteiger partial charge in [-0.15, -0.1) is 0 Å². The predicted molar refractivity (Wildman–Crippen MR) is 79.9 cm³/mol. The number of carbonyl (C=O) groups is 1. The quantitative estimate of drug-likeness (QED) is 0.692. The molecule has 1 saturated carbocycles. The van der Waals surface area contributed by atoms with Gasteiger partial charge in [0.15, 0.2) is 0 Å². The Morgan fingerprint density at radius 3 is 2.53 bits per heavy atom. The van der Waals surface area contributed by atoms with Gasteiger partial charge in [0.2, 0.25) is 5.91 Å². The Bertz CT molecular complexity index is 262. The van der Waals surface area contributed by atoms with Crippen molar-refractivity contribution in [1.29, 1.82) is 0 Å². The highest BCUT2D eigenvalue weighted by molar-refractivity contribution is 5.81. The molecule has 1 aliphatic rings. The minimum absolute atomic E-state index is 0.0182. The predicted octanol–water partition coefficient (Wildman–Crippen LogP) is 1.74. The number of nitrogens with one attached hydrogen (secondary N) is 1. The first-order valence-electron chi connectivity index (χ1n) is 7.76. The van der Waals surface area contributed by atoms with Crippen LogP contribution in [0.25, 0.3) is 0 Å². The lowest BCUT2D eigenvalue weighted by atomic mass is 9.94. The zero-order valence-corrected chi connectivity index (χ0v) is 12.8. The molecule has 0 radical (unpaired) electrons. The number of nitrogens with two attached hydrogens (primary N) is 1. The second-order valence-electron chi connectivity index (χ2n) is 6.19. The molecule has 0 spiro atoms. The average Bonchev–Trinajstić information content (AvgIpc) is 2.43. The molecule has 1 atom stereocenters. The highest BCUT2D eigenvalue weighted by Gasteiger charge is 2.18. The zero-order chi connectivity index (χ0) is 14.3. The molecular weight excluding hydrogens is 238 g/mol. The molecule has 1 amide bonds. The maximum atomic E-state index is 11.7. The Morgan fingerprint density at radius 1 is 1.32 bits per heavy atom. The van der Waals surface area contributed by atoms with Gasteiger partial charge in [0, 0.05) is 12.6 Å². The molecular formula is C15H31N3O. The largest absolute Gasteiger partial charge is 0.355 e. The van der Waals surface area contributed by atoms with E-state index in [0.29, 0.717) is 0 Å². The van der Waals surface area contributed by atoms with Crippen molar-refractivity contribution in [3.05, 3.63) is 0 Å². The summed E-state index contributed by atoms with van der Waals surface area (Å²) in [6, 6.07) is 0.374. The zero-order valence-electron chi connectivity index (χ0n) is 12.8. The van der Waals surface area contributed by atoms with Crippen molar-refractivity contribution in [3.63, 3.8) is 0 Å².